The van der Waals surface area contributed by atoms with E-state index in [4.69, 9.17) is 0 Å². The second-order valence-electron chi connectivity index (χ2n) is 5.93. The number of nitrogens with one attached hydrogen (secondary N) is 1. The first-order valence-corrected chi connectivity index (χ1v) is 8.03. The van der Waals surface area contributed by atoms with Gasteiger partial charge in [-0.2, -0.15) is 0 Å². The van der Waals surface area contributed by atoms with E-state index in [0.29, 0.717) is 0 Å². The summed E-state index contributed by atoms with van der Waals surface area (Å²) in [4.78, 5) is 0. The Balaban J connectivity index is 2.22. The lowest BCUT2D eigenvalue weighted by Crippen LogP contribution is -2.29. The van der Waals surface area contributed by atoms with Crippen LogP contribution in [0.5, 0.6) is 0 Å². The fourth-order valence-electron chi connectivity index (χ4n) is 3.46. The summed E-state index contributed by atoms with van der Waals surface area (Å²) in [7, 11) is 0. The summed E-state index contributed by atoms with van der Waals surface area (Å²) >= 11 is 0. The van der Waals surface area contributed by atoms with E-state index < -0.39 is 0 Å². The van der Waals surface area contributed by atoms with Crippen molar-refractivity contribution in [1.82, 2.24) is 5.32 Å². The quantitative estimate of drug-likeness (QED) is 0.644. The van der Waals surface area contributed by atoms with Gasteiger partial charge >= 0.3 is 0 Å². The molecule has 0 bridgehead atoms. The van der Waals surface area contributed by atoms with Crippen LogP contribution in [0.3, 0.4) is 0 Å². The van der Waals surface area contributed by atoms with Gasteiger partial charge in [-0.3, -0.25) is 0 Å². The summed E-state index contributed by atoms with van der Waals surface area (Å²) < 4.78 is 0. The molecule has 1 fully saturated rings. The van der Waals surface area contributed by atoms with Gasteiger partial charge in [0.2, 0.25) is 0 Å². The minimum Gasteiger partial charge on any atom is -0.314 e. The molecule has 1 nitrogen and oxygen atoms in total. The Labute approximate surface area is 109 Å². The first-order valence-electron chi connectivity index (χ1n) is 8.03. The van der Waals surface area contributed by atoms with E-state index in [9.17, 15) is 0 Å². The Bertz CT molecular complexity index is 172. The van der Waals surface area contributed by atoms with Crippen molar-refractivity contribution in [2.24, 2.45) is 11.8 Å². The van der Waals surface area contributed by atoms with Crippen LogP contribution in [0.2, 0.25) is 0 Å². The van der Waals surface area contributed by atoms with Crippen molar-refractivity contribution in [2.75, 3.05) is 6.54 Å². The monoisotopic (exact) mass is 239 g/mol. The molecule has 0 heterocycles. The average Bonchev–Trinajstić information content (AvgIpc) is 2.37. The second kappa shape index (κ2) is 8.97. The van der Waals surface area contributed by atoms with Crippen LogP contribution in [0.4, 0.5) is 0 Å². The lowest BCUT2D eigenvalue weighted by molar-refractivity contribution is 0.237. The summed E-state index contributed by atoms with van der Waals surface area (Å²) in [5, 5.41) is 3.65. The van der Waals surface area contributed by atoms with Gasteiger partial charge in [-0.15, -0.1) is 0 Å². The van der Waals surface area contributed by atoms with Gasteiger partial charge in [0.1, 0.15) is 0 Å². The molecule has 0 spiro atoms. The van der Waals surface area contributed by atoms with Gasteiger partial charge in [0.15, 0.2) is 0 Å². The molecule has 3 unspecified atom stereocenters. The zero-order chi connectivity index (χ0) is 12.5. The van der Waals surface area contributed by atoms with Crippen molar-refractivity contribution in [3.05, 3.63) is 0 Å². The molecule has 0 saturated heterocycles. The van der Waals surface area contributed by atoms with Gasteiger partial charge in [0.25, 0.3) is 0 Å². The second-order valence-corrected chi connectivity index (χ2v) is 5.93. The standard InChI is InChI=1S/C16H33N/c1-4-8-16(17-6-3)12-11-15-10-7-9-14(5-2)13-15/h14-17H,4-13H2,1-3H3. The summed E-state index contributed by atoms with van der Waals surface area (Å²) in [5.41, 5.74) is 0. The van der Waals surface area contributed by atoms with Gasteiger partial charge in [-0.1, -0.05) is 52.9 Å². The van der Waals surface area contributed by atoms with Crippen LogP contribution in [0.25, 0.3) is 0 Å². The van der Waals surface area contributed by atoms with Gasteiger partial charge in [0, 0.05) is 6.04 Å². The first kappa shape index (κ1) is 15.0. The Hall–Kier alpha value is -0.0400. The molecule has 3 atom stereocenters. The van der Waals surface area contributed by atoms with Crippen molar-refractivity contribution >= 4 is 0 Å². The van der Waals surface area contributed by atoms with Crippen molar-refractivity contribution in [2.45, 2.75) is 84.6 Å². The van der Waals surface area contributed by atoms with Gasteiger partial charge in [-0.05, 0) is 44.1 Å². The molecule has 0 radical (unpaired) electrons. The molecule has 1 N–H and O–H groups in total. The van der Waals surface area contributed by atoms with Crippen LogP contribution < -0.4 is 5.32 Å². The highest BCUT2D eigenvalue weighted by Crippen LogP contribution is 2.33. The third kappa shape index (κ3) is 5.90. The Morgan fingerprint density at radius 1 is 1.06 bits per heavy atom. The summed E-state index contributed by atoms with van der Waals surface area (Å²) in [5.74, 6) is 2.07. The minimum atomic E-state index is 0.784. The van der Waals surface area contributed by atoms with Crippen LogP contribution >= 0.6 is 0 Å². The summed E-state index contributed by atoms with van der Waals surface area (Å²) in [6, 6.07) is 0.784. The topological polar surface area (TPSA) is 12.0 Å². The van der Waals surface area contributed by atoms with E-state index in [0.717, 1.165) is 24.4 Å². The van der Waals surface area contributed by atoms with E-state index in [-0.39, 0.29) is 0 Å². The van der Waals surface area contributed by atoms with Gasteiger partial charge < -0.3 is 5.32 Å². The molecule has 102 valence electrons. The predicted molar refractivity (Wildman–Crippen MR) is 77.3 cm³/mol. The normalized spacial score (nSPS) is 27.0. The maximum atomic E-state index is 3.65. The third-order valence-electron chi connectivity index (χ3n) is 4.52. The number of hydrogen-bond acceptors (Lipinski definition) is 1. The van der Waals surface area contributed by atoms with E-state index in [2.05, 4.69) is 26.1 Å². The molecule has 1 aliphatic rings. The van der Waals surface area contributed by atoms with Crippen LogP contribution in [-0.2, 0) is 0 Å². The third-order valence-corrected chi connectivity index (χ3v) is 4.52. The maximum Gasteiger partial charge on any atom is 0.00669 e. The fraction of sp³-hybridized carbons (Fsp3) is 1.00. The van der Waals surface area contributed by atoms with Crippen molar-refractivity contribution in [1.29, 1.82) is 0 Å². The largest absolute Gasteiger partial charge is 0.314 e. The zero-order valence-corrected chi connectivity index (χ0v) is 12.3. The molecule has 0 aromatic heterocycles. The first-order chi connectivity index (χ1) is 8.30. The molecule has 1 rings (SSSR count). The summed E-state index contributed by atoms with van der Waals surface area (Å²) in [6.45, 7) is 8.03. The molecule has 0 aliphatic heterocycles. The molecule has 0 aromatic rings. The lowest BCUT2D eigenvalue weighted by Gasteiger charge is -2.29. The average molecular weight is 239 g/mol. The van der Waals surface area contributed by atoms with Crippen LogP contribution in [0.1, 0.15) is 78.6 Å². The van der Waals surface area contributed by atoms with Crippen molar-refractivity contribution in [3.8, 4) is 0 Å². The van der Waals surface area contributed by atoms with Gasteiger partial charge in [-0.25, -0.2) is 0 Å². The van der Waals surface area contributed by atoms with Crippen LogP contribution in [0.15, 0.2) is 0 Å². The molecular formula is C16H33N. The highest BCUT2D eigenvalue weighted by Gasteiger charge is 2.21. The maximum absolute atomic E-state index is 3.65. The number of rotatable bonds is 8. The van der Waals surface area contributed by atoms with E-state index in [1.54, 1.807) is 0 Å². The highest BCUT2D eigenvalue weighted by molar-refractivity contribution is 4.75. The van der Waals surface area contributed by atoms with E-state index in [1.165, 1.54) is 57.8 Å². The SMILES string of the molecule is CCCC(CCC1CCCC(CC)C1)NCC. The lowest BCUT2D eigenvalue weighted by atomic mass is 9.78. The van der Waals surface area contributed by atoms with E-state index >= 15 is 0 Å². The minimum absolute atomic E-state index is 0.784. The van der Waals surface area contributed by atoms with Crippen LogP contribution in [-0.4, -0.2) is 12.6 Å². The molecule has 0 amide bonds. The molecule has 0 aromatic carbocycles. The van der Waals surface area contributed by atoms with Gasteiger partial charge in [0.05, 0.1) is 0 Å². The van der Waals surface area contributed by atoms with Crippen LogP contribution in [0, 0.1) is 11.8 Å². The molecule has 1 heteroatoms. The molecule has 17 heavy (non-hydrogen) atoms. The molecule has 1 saturated carbocycles. The summed E-state index contributed by atoms with van der Waals surface area (Å²) in [6.07, 6.45) is 13.0. The van der Waals surface area contributed by atoms with Crippen molar-refractivity contribution in [3.63, 3.8) is 0 Å². The predicted octanol–water partition coefficient (Wildman–Crippen LogP) is 4.76. The van der Waals surface area contributed by atoms with Crippen molar-refractivity contribution < 1.29 is 0 Å². The molecular weight excluding hydrogens is 206 g/mol. The Morgan fingerprint density at radius 2 is 1.82 bits per heavy atom. The number of hydrogen-bond donors (Lipinski definition) is 1. The smallest absolute Gasteiger partial charge is 0.00669 e. The highest BCUT2D eigenvalue weighted by atomic mass is 14.9. The Morgan fingerprint density at radius 3 is 2.47 bits per heavy atom. The zero-order valence-electron chi connectivity index (χ0n) is 12.3. The Kier molecular flexibility index (Phi) is 7.92. The van der Waals surface area contributed by atoms with E-state index in [1.807, 2.05) is 0 Å². The fourth-order valence-corrected chi connectivity index (χ4v) is 3.46. The molecule has 1 aliphatic carbocycles.